The average Bonchev–Trinajstić information content (AvgIpc) is 2.82. The quantitative estimate of drug-likeness (QED) is 0.862. The van der Waals surface area contributed by atoms with Crippen LogP contribution in [0.4, 0.5) is 0 Å². The molecule has 2 N–H and O–H groups in total. The number of hydrogen-bond donors (Lipinski definition) is 2. The third-order valence-corrected chi connectivity index (χ3v) is 4.68. The van der Waals surface area contributed by atoms with E-state index in [0.717, 1.165) is 25.7 Å². The average molecular weight is 271 g/mol. The minimum Gasteiger partial charge on any atom is -0.481 e. The van der Waals surface area contributed by atoms with Crippen LogP contribution in [0.3, 0.4) is 0 Å². The number of nitrogens with one attached hydrogen (secondary N) is 1. The van der Waals surface area contributed by atoms with Crippen molar-refractivity contribution < 1.29 is 9.90 Å². The Balaban J connectivity index is 1.90. The van der Waals surface area contributed by atoms with Gasteiger partial charge in [0.05, 0.1) is 5.92 Å². The molecule has 0 atom stereocenters. The van der Waals surface area contributed by atoms with Crippen molar-refractivity contribution >= 4 is 16.9 Å². The second-order valence-electron chi connectivity index (χ2n) is 6.14. The Morgan fingerprint density at radius 3 is 2.55 bits per heavy atom. The second-order valence-corrected chi connectivity index (χ2v) is 6.14. The minimum absolute atomic E-state index is 0.139. The molecule has 0 unspecified atom stereocenters. The lowest BCUT2D eigenvalue weighted by Crippen LogP contribution is -2.20. The molecule has 2 aromatic rings. The summed E-state index contributed by atoms with van der Waals surface area (Å²) in [5, 5.41) is 10.4. The van der Waals surface area contributed by atoms with Gasteiger partial charge in [0.25, 0.3) is 0 Å². The first-order chi connectivity index (χ1) is 9.56. The number of aromatic nitrogens is 1. The Morgan fingerprint density at radius 1 is 1.20 bits per heavy atom. The van der Waals surface area contributed by atoms with Crippen molar-refractivity contribution in [2.75, 3.05) is 0 Å². The van der Waals surface area contributed by atoms with Crippen molar-refractivity contribution in [3.63, 3.8) is 0 Å². The molecular weight excluding hydrogens is 250 g/mol. The summed E-state index contributed by atoms with van der Waals surface area (Å²) in [4.78, 5) is 14.4. The zero-order chi connectivity index (χ0) is 14.3. The second kappa shape index (κ2) is 4.97. The monoisotopic (exact) mass is 271 g/mol. The van der Waals surface area contributed by atoms with E-state index in [-0.39, 0.29) is 5.92 Å². The minimum atomic E-state index is -0.630. The highest BCUT2D eigenvalue weighted by atomic mass is 16.4. The molecule has 0 aliphatic heterocycles. The predicted molar refractivity (Wildman–Crippen MR) is 80.1 cm³/mol. The number of rotatable bonds is 2. The highest BCUT2D eigenvalue weighted by Crippen LogP contribution is 2.39. The van der Waals surface area contributed by atoms with Crippen molar-refractivity contribution in [1.82, 2.24) is 4.98 Å². The van der Waals surface area contributed by atoms with Gasteiger partial charge < -0.3 is 10.1 Å². The zero-order valence-electron chi connectivity index (χ0n) is 12.1. The molecule has 106 valence electrons. The summed E-state index contributed by atoms with van der Waals surface area (Å²) in [5.41, 5.74) is 5.17. The van der Waals surface area contributed by atoms with E-state index in [2.05, 4.69) is 37.2 Å². The maximum Gasteiger partial charge on any atom is 0.306 e. The lowest BCUT2D eigenvalue weighted by atomic mass is 9.78. The molecule has 1 aromatic carbocycles. The van der Waals surface area contributed by atoms with E-state index in [0.29, 0.717) is 5.92 Å². The van der Waals surface area contributed by atoms with Gasteiger partial charge in [-0.3, -0.25) is 4.79 Å². The summed E-state index contributed by atoms with van der Waals surface area (Å²) in [6.45, 7) is 4.27. The number of carboxylic acid groups (broad SMARTS) is 1. The first kappa shape index (κ1) is 13.2. The Kier molecular flexibility index (Phi) is 3.28. The van der Waals surface area contributed by atoms with Crippen LogP contribution in [0, 0.1) is 19.8 Å². The molecule has 1 aliphatic carbocycles. The Hall–Kier alpha value is -1.77. The number of aliphatic carboxylic acids is 1. The summed E-state index contributed by atoms with van der Waals surface area (Å²) in [6, 6.07) is 4.45. The summed E-state index contributed by atoms with van der Waals surface area (Å²) < 4.78 is 0. The summed E-state index contributed by atoms with van der Waals surface area (Å²) in [5.74, 6) is -0.269. The van der Waals surface area contributed by atoms with Gasteiger partial charge in [0.1, 0.15) is 0 Å². The highest BCUT2D eigenvalue weighted by Gasteiger charge is 2.28. The maximum atomic E-state index is 11.0. The number of aryl methyl sites for hydroxylation is 2. The largest absolute Gasteiger partial charge is 0.481 e. The molecule has 0 spiro atoms. The Morgan fingerprint density at radius 2 is 1.90 bits per heavy atom. The van der Waals surface area contributed by atoms with Crippen LogP contribution in [0.25, 0.3) is 10.9 Å². The van der Waals surface area contributed by atoms with Gasteiger partial charge in [0.2, 0.25) is 0 Å². The SMILES string of the molecule is Cc1cc(C)c2[nH]cc(C3CCC(C(=O)O)CC3)c2c1. The first-order valence-electron chi connectivity index (χ1n) is 7.37. The van der Waals surface area contributed by atoms with E-state index in [1.165, 1.54) is 27.6 Å². The third kappa shape index (κ3) is 2.21. The van der Waals surface area contributed by atoms with Crippen LogP contribution in [0.1, 0.15) is 48.3 Å². The summed E-state index contributed by atoms with van der Waals surface area (Å²) in [6.07, 6.45) is 5.70. The lowest BCUT2D eigenvalue weighted by molar-refractivity contribution is -0.142. The number of aromatic amines is 1. The number of carbonyl (C=O) groups is 1. The molecular formula is C17H21NO2. The van der Waals surface area contributed by atoms with E-state index in [9.17, 15) is 4.79 Å². The summed E-state index contributed by atoms with van der Waals surface area (Å²) in [7, 11) is 0. The fourth-order valence-electron chi connectivity index (χ4n) is 3.60. The van der Waals surface area contributed by atoms with E-state index in [1.54, 1.807) is 0 Å². The third-order valence-electron chi connectivity index (χ3n) is 4.68. The topological polar surface area (TPSA) is 53.1 Å². The Bertz CT molecular complexity index is 648. The van der Waals surface area contributed by atoms with Crippen molar-refractivity contribution in [3.05, 3.63) is 35.0 Å². The van der Waals surface area contributed by atoms with Crippen LogP contribution in [0.5, 0.6) is 0 Å². The van der Waals surface area contributed by atoms with Crippen LogP contribution in [-0.4, -0.2) is 16.1 Å². The van der Waals surface area contributed by atoms with Gasteiger partial charge in [-0.1, -0.05) is 11.6 Å². The van der Waals surface area contributed by atoms with Gasteiger partial charge >= 0.3 is 5.97 Å². The number of H-pyrrole nitrogens is 1. The fourth-order valence-corrected chi connectivity index (χ4v) is 3.60. The zero-order valence-corrected chi connectivity index (χ0v) is 12.1. The number of fused-ring (bicyclic) bond motifs is 1. The molecule has 3 nitrogen and oxygen atoms in total. The smallest absolute Gasteiger partial charge is 0.306 e. The van der Waals surface area contributed by atoms with Gasteiger partial charge in [-0.2, -0.15) is 0 Å². The number of benzene rings is 1. The standard InChI is InChI=1S/C17H21NO2/c1-10-7-11(2)16-14(8-10)15(9-18-16)12-3-5-13(6-4-12)17(19)20/h7-9,12-13,18H,3-6H2,1-2H3,(H,19,20). The maximum absolute atomic E-state index is 11.0. The van der Waals surface area contributed by atoms with Gasteiger partial charge in [0.15, 0.2) is 0 Å². The lowest BCUT2D eigenvalue weighted by Gasteiger charge is -2.26. The van der Waals surface area contributed by atoms with Crippen molar-refractivity contribution in [2.24, 2.45) is 5.92 Å². The first-order valence-corrected chi connectivity index (χ1v) is 7.37. The van der Waals surface area contributed by atoms with Crippen molar-refractivity contribution in [3.8, 4) is 0 Å². The van der Waals surface area contributed by atoms with Crippen LogP contribution in [0.15, 0.2) is 18.3 Å². The van der Waals surface area contributed by atoms with Crippen LogP contribution < -0.4 is 0 Å². The van der Waals surface area contributed by atoms with Gasteiger partial charge in [0, 0.05) is 17.1 Å². The fraction of sp³-hybridized carbons (Fsp3) is 0.471. The molecule has 1 saturated carbocycles. The number of hydrogen-bond acceptors (Lipinski definition) is 1. The summed E-state index contributed by atoms with van der Waals surface area (Å²) >= 11 is 0. The molecule has 3 heteroatoms. The molecule has 1 heterocycles. The van der Waals surface area contributed by atoms with Gasteiger partial charge in [-0.25, -0.2) is 0 Å². The van der Waals surface area contributed by atoms with Gasteiger partial charge in [-0.05, 0) is 62.6 Å². The van der Waals surface area contributed by atoms with Crippen molar-refractivity contribution in [2.45, 2.75) is 45.4 Å². The predicted octanol–water partition coefficient (Wildman–Crippen LogP) is 4.14. The Labute approximate surface area is 119 Å². The molecule has 0 bridgehead atoms. The van der Waals surface area contributed by atoms with E-state index < -0.39 is 5.97 Å². The van der Waals surface area contributed by atoms with Gasteiger partial charge in [-0.15, -0.1) is 0 Å². The van der Waals surface area contributed by atoms with E-state index in [1.807, 2.05) is 0 Å². The normalized spacial score (nSPS) is 23.1. The molecule has 0 saturated heterocycles. The van der Waals surface area contributed by atoms with Crippen LogP contribution >= 0.6 is 0 Å². The van der Waals surface area contributed by atoms with E-state index >= 15 is 0 Å². The molecule has 0 amide bonds. The molecule has 1 fully saturated rings. The molecule has 3 rings (SSSR count). The molecule has 20 heavy (non-hydrogen) atoms. The molecule has 0 radical (unpaired) electrons. The molecule has 1 aliphatic rings. The van der Waals surface area contributed by atoms with Crippen molar-refractivity contribution in [1.29, 1.82) is 0 Å². The van der Waals surface area contributed by atoms with E-state index in [4.69, 9.17) is 5.11 Å². The van der Waals surface area contributed by atoms with Crippen LogP contribution in [0.2, 0.25) is 0 Å². The number of carboxylic acids is 1. The highest BCUT2D eigenvalue weighted by molar-refractivity contribution is 5.87. The van der Waals surface area contributed by atoms with Crippen LogP contribution in [-0.2, 0) is 4.79 Å². The molecule has 1 aromatic heterocycles.